The van der Waals surface area contributed by atoms with Crippen molar-refractivity contribution < 1.29 is 4.79 Å². The minimum absolute atomic E-state index is 0.0605. The van der Waals surface area contributed by atoms with E-state index < -0.39 is 0 Å². The number of aryl methyl sites for hydroxylation is 2. The zero-order valence-corrected chi connectivity index (χ0v) is 19.6. The van der Waals surface area contributed by atoms with Gasteiger partial charge in [0.15, 0.2) is 0 Å². The van der Waals surface area contributed by atoms with Crippen LogP contribution in [0.25, 0.3) is 22.2 Å². The van der Waals surface area contributed by atoms with E-state index in [1.807, 2.05) is 53.4 Å². The van der Waals surface area contributed by atoms with Crippen LogP contribution in [0.2, 0.25) is 5.02 Å². The molecule has 4 nitrogen and oxygen atoms in total. The molecule has 5 heteroatoms. The minimum atomic E-state index is 0.0605. The van der Waals surface area contributed by atoms with Gasteiger partial charge in [-0.15, -0.1) is 0 Å². The van der Waals surface area contributed by atoms with Gasteiger partial charge in [0.05, 0.1) is 16.8 Å². The van der Waals surface area contributed by atoms with Crippen LogP contribution in [0, 0.1) is 13.8 Å². The van der Waals surface area contributed by atoms with Crippen molar-refractivity contribution in [1.29, 1.82) is 0 Å². The lowest BCUT2D eigenvalue weighted by molar-refractivity contribution is 0.0748. The summed E-state index contributed by atoms with van der Waals surface area (Å²) in [6.45, 7) is 7.07. The SMILES string of the molecule is Cc1ccc(-c2cc(C(=O)N3CCN(c4cccc(Cl)c4)CC3)c3ccccc3n2)c(C)c1. The van der Waals surface area contributed by atoms with Crippen LogP contribution in [0.1, 0.15) is 21.5 Å². The Morgan fingerprint density at radius 2 is 1.67 bits per heavy atom. The van der Waals surface area contributed by atoms with E-state index in [2.05, 4.69) is 43.0 Å². The third-order valence-electron chi connectivity index (χ3n) is 6.34. The van der Waals surface area contributed by atoms with E-state index in [4.69, 9.17) is 16.6 Å². The normalized spacial score (nSPS) is 14.0. The van der Waals surface area contributed by atoms with Crippen LogP contribution in [0.4, 0.5) is 5.69 Å². The second-order valence-corrected chi connectivity index (χ2v) is 9.09. The van der Waals surface area contributed by atoms with Gasteiger partial charge in [-0.05, 0) is 49.7 Å². The number of fused-ring (bicyclic) bond motifs is 1. The van der Waals surface area contributed by atoms with Crippen molar-refractivity contribution >= 4 is 34.1 Å². The molecule has 1 aliphatic heterocycles. The number of hydrogen-bond donors (Lipinski definition) is 0. The lowest BCUT2D eigenvalue weighted by Crippen LogP contribution is -2.48. The Morgan fingerprint density at radius 1 is 0.879 bits per heavy atom. The van der Waals surface area contributed by atoms with Crippen LogP contribution >= 0.6 is 11.6 Å². The fourth-order valence-electron chi connectivity index (χ4n) is 4.60. The molecule has 0 spiro atoms. The highest BCUT2D eigenvalue weighted by Crippen LogP contribution is 2.29. The van der Waals surface area contributed by atoms with Crippen LogP contribution in [0.3, 0.4) is 0 Å². The Bertz CT molecular complexity index is 1340. The summed E-state index contributed by atoms with van der Waals surface area (Å²) in [5, 5.41) is 1.63. The zero-order chi connectivity index (χ0) is 22.9. The Morgan fingerprint density at radius 3 is 2.42 bits per heavy atom. The maximum absolute atomic E-state index is 13.7. The highest BCUT2D eigenvalue weighted by molar-refractivity contribution is 6.30. The number of halogens is 1. The molecule has 33 heavy (non-hydrogen) atoms. The van der Waals surface area contributed by atoms with Gasteiger partial charge in [0.25, 0.3) is 5.91 Å². The molecule has 1 saturated heterocycles. The van der Waals surface area contributed by atoms with Gasteiger partial charge in [0.1, 0.15) is 0 Å². The highest BCUT2D eigenvalue weighted by atomic mass is 35.5. The zero-order valence-electron chi connectivity index (χ0n) is 18.9. The lowest BCUT2D eigenvalue weighted by Gasteiger charge is -2.36. The van der Waals surface area contributed by atoms with Crippen LogP contribution in [0.5, 0.6) is 0 Å². The summed E-state index contributed by atoms with van der Waals surface area (Å²) >= 11 is 6.17. The molecular formula is C28H26ClN3O. The van der Waals surface area contributed by atoms with Crippen molar-refractivity contribution in [3.05, 3.63) is 94.5 Å². The van der Waals surface area contributed by atoms with Gasteiger partial charge in [-0.2, -0.15) is 0 Å². The van der Waals surface area contributed by atoms with Crippen LogP contribution in [0.15, 0.2) is 72.8 Å². The molecule has 0 radical (unpaired) electrons. The van der Waals surface area contributed by atoms with E-state index in [0.717, 1.165) is 51.5 Å². The van der Waals surface area contributed by atoms with E-state index in [1.54, 1.807) is 0 Å². The number of piperazine rings is 1. The summed E-state index contributed by atoms with van der Waals surface area (Å²) in [7, 11) is 0. The summed E-state index contributed by atoms with van der Waals surface area (Å²) in [6, 6.07) is 24.1. The van der Waals surface area contributed by atoms with Crippen molar-refractivity contribution in [1.82, 2.24) is 9.88 Å². The summed E-state index contributed by atoms with van der Waals surface area (Å²) < 4.78 is 0. The molecule has 0 atom stereocenters. The standard InChI is InChI=1S/C28H26ClN3O/c1-19-10-11-23(20(2)16-19)27-18-25(24-8-3-4-9-26(24)30-27)28(33)32-14-12-31(13-15-32)22-7-5-6-21(29)17-22/h3-11,16-18H,12-15H2,1-2H3. The molecule has 4 aromatic rings. The fraction of sp³-hybridized carbons (Fsp3) is 0.214. The molecule has 2 heterocycles. The summed E-state index contributed by atoms with van der Waals surface area (Å²) in [5.74, 6) is 0.0605. The molecule has 166 valence electrons. The predicted molar refractivity (Wildman–Crippen MR) is 136 cm³/mol. The number of carbonyl (C=O) groups is 1. The fourth-order valence-corrected chi connectivity index (χ4v) is 4.79. The maximum Gasteiger partial charge on any atom is 0.254 e. The van der Waals surface area contributed by atoms with E-state index in [1.165, 1.54) is 5.56 Å². The van der Waals surface area contributed by atoms with Crippen LogP contribution in [-0.2, 0) is 0 Å². The quantitative estimate of drug-likeness (QED) is 0.372. The van der Waals surface area contributed by atoms with Gasteiger partial charge in [-0.3, -0.25) is 4.79 Å². The van der Waals surface area contributed by atoms with Gasteiger partial charge >= 0.3 is 0 Å². The Kier molecular flexibility index (Phi) is 5.77. The number of pyridine rings is 1. The number of benzene rings is 3. The molecule has 0 saturated carbocycles. The largest absolute Gasteiger partial charge is 0.368 e. The number of amides is 1. The summed E-state index contributed by atoms with van der Waals surface area (Å²) in [4.78, 5) is 22.8. The number of nitrogens with zero attached hydrogens (tertiary/aromatic N) is 3. The molecule has 1 fully saturated rings. The first kappa shape index (κ1) is 21.5. The summed E-state index contributed by atoms with van der Waals surface area (Å²) in [5.41, 5.74) is 6.93. The van der Waals surface area contributed by atoms with Gasteiger partial charge < -0.3 is 9.80 Å². The second-order valence-electron chi connectivity index (χ2n) is 8.65. The minimum Gasteiger partial charge on any atom is -0.368 e. The molecule has 1 aromatic heterocycles. The third kappa shape index (κ3) is 4.31. The molecule has 1 amide bonds. The van der Waals surface area contributed by atoms with Gasteiger partial charge in [0, 0.05) is 47.8 Å². The maximum atomic E-state index is 13.7. The van der Waals surface area contributed by atoms with Crippen LogP contribution < -0.4 is 4.90 Å². The van der Waals surface area contributed by atoms with Crippen LogP contribution in [-0.4, -0.2) is 42.0 Å². The van der Waals surface area contributed by atoms with Gasteiger partial charge in [-0.1, -0.05) is 59.6 Å². The predicted octanol–water partition coefficient (Wildman–Crippen LogP) is 6.13. The smallest absolute Gasteiger partial charge is 0.254 e. The van der Waals surface area contributed by atoms with E-state index in [9.17, 15) is 4.79 Å². The highest BCUT2D eigenvalue weighted by Gasteiger charge is 2.24. The van der Waals surface area contributed by atoms with Crippen molar-refractivity contribution in [3.63, 3.8) is 0 Å². The molecule has 0 unspecified atom stereocenters. The van der Waals surface area contributed by atoms with E-state index in [0.29, 0.717) is 18.7 Å². The number of rotatable bonds is 3. The number of aromatic nitrogens is 1. The second kappa shape index (κ2) is 8.87. The molecule has 0 bridgehead atoms. The Hall–Kier alpha value is -3.37. The first-order chi connectivity index (χ1) is 16.0. The average Bonchev–Trinajstić information content (AvgIpc) is 2.83. The monoisotopic (exact) mass is 455 g/mol. The molecule has 5 rings (SSSR count). The first-order valence-corrected chi connectivity index (χ1v) is 11.6. The van der Waals surface area contributed by atoms with Crippen molar-refractivity contribution in [2.24, 2.45) is 0 Å². The number of anilines is 1. The van der Waals surface area contributed by atoms with Gasteiger partial charge in [0.2, 0.25) is 0 Å². The lowest BCUT2D eigenvalue weighted by atomic mass is 9.99. The van der Waals surface area contributed by atoms with Crippen molar-refractivity contribution in [3.8, 4) is 11.3 Å². The molecule has 1 aliphatic rings. The first-order valence-electron chi connectivity index (χ1n) is 11.3. The number of hydrogen-bond acceptors (Lipinski definition) is 3. The van der Waals surface area contributed by atoms with Gasteiger partial charge in [-0.25, -0.2) is 4.98 Å². The Balaban J connectivity index is 1.46. The topological polar surface area (TPSA) is 36.4 Å². The average molecular weight is 456 g/mol. The molecular weight excluding hydrogens is 430 g/mol. The molecule has 0 N–H and O–H groups in total. The van der Waals surface area contributed by atoms with E-state index in [-0.39, 0.29) is 5.91 Å². The third-order valence-corrected chi connectivity index (χ3v) is 6.58. The van der Waals surface area contributed by atoms with Crippen molar-refractivity contribution in [2.45, 2.75) is 13.8 Å². The number of para-hydroxylation sites is 1. The number of carbonyl (C=O) groups excluding carboxylic acids is 1. The Labute approximate surface area is 199 Å². The molecule has 0 aliphatic carbocycles. The molecule has 3 aromatic carbocycles. The van der Waals surface area contributed by atoms with E-state index >= 15 is 0 Å². The van der Waals surface area contributed by atoms with Crippen molar-refractivity contribution in [2.75, 3.05) is 31.1 Å². The summed E-state index contributed by atoms with van der Waals surface area (Å²) in [6.07, 6.45) is 0.